The van der Waals surface area contributed by atoms with Crippen LogP contribution in [-0.4, -0.2) is 7.11 Å². The molecular formula is C47H53F4O. The summed E-state index contributed by atoms with van der Waals surface area (Å²) in [5.74, 6) is 0.746. The van der Waals surface area contributed by atoms with E-state index >= 15 is 0 Å². The summed E-state index contributed by atoms with van der Waals surface area (Å²) >= 11 is 0. The van der Waals surface area contributed by atoms with Gasteiger partial charge in [-0.2, -0.15) is 13.2 Å². The number of aryl methyl sites for hydroxylation is 7. The number of hydrogen-bond donors (Lipinski definition) is 0. The van der Waals surface area contributed by atoms with Crippen molar-refractivity contribution >= 4 is 0 Å². The molecule has 1 radical (unpaired) electrons. The molecule has 0 N–H and O–H groups in total. The highest BCUT2D eigenvalue weighted by molar-refractivity contribution is 5.26. The van der Waals surface area contributed by atoms with Gasteiger partial charge >= 0.3 is 6.18 Å². The maximum absolute atomic E-state index is 12.1. The Bertz CT molecular complexity index is 1670. The molecule has 0 fully saturated rings. The van der Waals surface area contributed by atoms with Gasteiger partial charge in [0, 0.05) is 0 Å². The van der Waals surface area contributed by atoms with Crippen LogP contribution in [0.5, 0.6) is 5.75 Å². The van der Waals surface area contributed by atoms with Crippen molar-refractivity contribution in [2.24, 2.45) is 0 Å². The van der Waals surface area contributed by atoms with Crippen molar-refractivity contribution in [2.45, 2.75) is 61.1 Å². The first kappa shape index (κ1) is 44.9. The van der Waals surface area contributed by atoms with E-state index in [0.717, 1.165) is 35.4 Å². The minimum absolute atomic E-state index is 0.171. The van der Waals surface area contributed by atoms with Crippen LogP contribution < -0.4 is 4.74 Å². The standard InChI is InChI=1S/C9H11.C8H7F3.C8H10O.C8H10.C7H7F.C7H8/c1-3-9-6-4-5-8(2)7-9;1-6-2-4-7(5-3-6)8(9,10)11;1-7-3-5-8(9-2)6-4-7;1-7-3-5-8(2)6-4-7;1-6-2-4-7(8)5-3-6;1-7-5-3-2-4-6-7/h4-7H,1,3H2,2H3;2-5H,1H3;3-6H,1-2H3;3-6H,1-2H3;2-5H,1H3;2-6H,1H3. The summed E-state index contributed by atoms with van der Waals surface area (Å²) < 4.78 is 52.8. The highest BCUT2D eigenvalue weighted by Gasteiger charge is 2.29. The first-order valence-electron chi connectivity index (χ1n) is 17.0. The largest absolute Gasteiger partial charge is 0.497 e. The fraction of sp³-hybridized carbons (Fsp3) is 0.213. The highest BCUT2D eigenvalue weighted by Crippen LogP contribution is 2.28. The minimum atomic E-state index is -4.21. The van der Waals surface area contributed by atoms with Crippen LogP contribution in [0.15, 0.2) is 152 Å². The van der Waals surface area contributed by atoms with Gasteiger partial charge in [0.25, 0.3) is 0 Å². The van der Waals surface area contributed by atoms with E-state index in [2.05, 4.69) is 102 Å². The minimum Gasteiger partial charge on any atom is -0.497 e. The van der Waals surface area contributed by atoms with Gasteiger partial charge < -0.3 is 4.74 Å². The van der Waals surface area contributed by atoms with E-state index in [9.17, 15) is 17.6 Å². The molecule has 0 atom stereocenters. The molecule has 0 spiro atoms. The normalized spacial score (nSPS) is 9.71. The first-order valence-corrected chi connectivity index (χ1v) is 17.0. The molecule has 0 amide bonds. The van der Waals surface area contributed by atoms with Crippen molar-refractivity contribution in [3.63, 3.8) is 0 Å². The third-order valence-electron chi connectivity index (χ3n) is 7.18. The maximum atomic E-state index is 12.1. The Hall–Kier alpha value is -5.16. The molecule has 0 saturated heterocycles. The van der Waals surface area contributed by atoms with Gasteiger partial charge in [-0.3, -0.25) is 0 Å². The lowest BCUT2D eigenvalue weighted by molar-refractivity contribution is -0.137. The lowest BCUT2D eigenvalue weighted by atomic mass is 10.1. The van der Waals surface area contributed by atoms with Gasteiger partial charge in [0.1, 0.15) is 11.6 Å². The van der Waals surface area contributed by atoms with Gasteiger partial charge in [-0.25, -0.2) is 4.39 Å². The molecule has 6 rings (SSSR count). The van der Waals surface area contributed by atoms with E-state index in [1.54, 1.807) is 26.2 Å². The Labute approximate surface area is 310 Å². The molecule has 52 heavy (non-hydrogen) atoms. The molecule has 6 aromatic carbocycles. The number of rotatable bonds is 2. The van der Waals surface area contributed by atoms with Gasteiger partial charge in [0.15, 0.2) is 0 Å². The smallest absolute Gasteiger partial charge is 0.416 e. The second-order valence-electron chi connectivity index (χ2n) is 12.2. The summed E-state index contributed by atoms with van der Waals surface area (Å²) in [5.41, 5.74) is 9.20. The predicted molar refractivity (Wildman–Crippen MR) is 212 cm³/mol. The Morgan fingerprint density at radius 2 is 0.827 bits per heavy atom. The average molecular weight is 710 g/mol. The zero-order valence-electron chi connectivity index (χ0n) is 31.8. The molecule has 0 aliphatic rings. The molecule has 0 aliphatic heterocycles. The van der Waals surface area contributed by atoms with Crippen LogP contribution in [0.25, 0.3) is 0 Å². The van der Waals surface area contributed by atoms with Crippen LogP contribution in [-0.2, 0) is 12.6 Å². The summed E-state index contributed by atoms with van der Waals surface area (Å²) in [4.78, 5) is 0. The zero-order chi connectivity index (χ0) is 38.9. The third kappa shape index (κ3) is 21.8. The fourth-order valence-electron chi connectivity index (χ4n) is 3.99. The lowest BCUT2D eigenvalue weighted by Crippen LogP contribution is -2.03. The third-order valence-corrected chi connectivity index (χ3v) is 7.18. The SMILES string of the molecule is COc1ccc(C)cc1.Cc1ccc(C(F)(F)F)cc1.Cc1ccc(C)cc1.Cc1ccc(F)cc1.Cc1ccccc1.[CH2]Cc1cccc(C)c1. The predicted octanol–water partition coefficient (Wildman–Crippen LogP) is 13.8. The Kier molecular flexibility index (Phi) is 21.5. The molecule has 0 unspecified atom stereocenters. The number of halogens is 4. The monoisotopic (exact) mass is 709 g/mol. The molecule has 0 aliphatic carbocycles. The fourth-order valence-corrected chi connectivity index (χ4v) is 3.99. The molecule has 0 aromatic heterocycles. The van der Waals surface area contributed by atoms with Crippen molar-refractivity contribution < 1.29 is 22.3 Å². The summed E-state index contributed by atoms with van der Waals surface area (Å²) in [5, 5.41) is 0. The van der Waals surface area contributed by atoms with Gasteiger partial charge in [-0.05, 0) is 104 Å². The van der Waals surface area contributed by atoms with Crippen LogP contribution in [0.4, 0.5) is 17.6 Å². The molecule has 0 bridgehead atoms. The van der Waals surface area contributed by atoms with Crippen LogP contribution in [0.2, 0.25) is 0 Å². The van der Waals surface area contributed by atoms with Crippen LogP contribution in [0.1, 0.15) is 50.1 Å². The maximum Gasteiger partial charge on any atom is 0.416 e. The number of benzene rings is 6. The summed E-state index contributed by atoms with van der Waals surface area (Å²) in [7, 11) is 1.67. The van der Waals surface area contributed by atoms with E-state index in [-0.39, 0.29) is 5.82 Å². The second-order valence-corrected chi connectivity index (χ2v) is 12.2. The number of ether oxygens (including phenoxy) is 1. The van der Waals surface area contributed by atoms with Crippen molar-refractivity contribution in [1.82, 2.24) is 0 Å². The average Bonchev–Trinajstić information content (AvgIpc) is 3.13. The quantitative estimate of drug-likeness (QED) is 0.163. The van der Waals surface area contributed by atoms with Crippen molar-refractivity contribution in [2.75, 3.05) is 7.11 Å². The summed E-state index contributed by atoms with van der Waals surface area (Å²) in [6, 6.07) is 46.6. The second kappa shape index (κ2) is 24.9. The molecule has 0 heterocycles. The van der Waals surface area contributed by atoms with E-state index < -0.39 is 11.7 Å². The van der Waals surface area contributed by atoms with Crippen molar-refractivity contribution in [3.8, 4) is 5.75 Å². The van der Waals surface area contributed by atoms with Crippen LogP contribution >= 0.6 is 0 Å². The van der Waals surface area contributed by atoms with E-state index in [1.807, 2.05) is 49.4 Å². The van der Waals surface area contributed by atoms with E-state index in [1.165, 1.54) is 57.6 Å². The van der Waals surface area contributed by atoms with Crippen molar-refractivity contribution in [3.05, 3.63) is 214 Å². The van der Waals surface area contributed by atoms with E-state index in [0.29, 0.717) is 0 Å². The molecule has 0 saturated carbocycles. The summed E-state index contributed by atoms with van der Waals surface area (Å²) in [6.45, 7) is 17.9. The molecule has 6 aromatic rings. The van der Waals surface area contributed by atoms with Gasteiger partial charge in [-0.1, -0.05) is 154 Å². The van der Waals surface area contributed by atoms with Crippen molar-refractivity contribution in [1.29, 1.82) is 0 Å². The topological polar surface area (TPSA) is 9.23 Å². The Balaban J connectivity index is 0.000000314. The zero-order valence-corrected chi connectivity index (χ0v) is 31.8. The number of alkyl halides is 3. The highest BCUT2D eigenvalue weighted by atomic mass is 19.4. The molecular weight excluding hydrogens is 657 g/mol. The van der Waals surface area contributed by atoms with Crippen LogP contribution in [0, 0.1) is 61.2 Å². The molecule has 275 valence electrons. The summed E-state index contributed by atoms with van der Waals surface area (Å²) in [6.07, 6.45) is -3.32. The van der Waals surface area contributed by atoms with E-state index in [4.69, 9.17) is 4.74 Å². The van der Waals surface area contributed by atoms with Gasteiger partial charge in [-0.15, -0.1) is 0 Å². The van der Waals surface area contributed by atoms with Gasteiger partial charge in [0.05, 0.1) is 12.7 Å². The lowest BCUT2D eigenvalue weighted by Gasteiger charge is -2.05. The first-order chi connectivity index (χ1) is 24.6. The van der Waals surface area contributed by atoms with Crippen LogP contribution in [0.3, 0.4) is 0 Å². The number of hydrogen-bond acceptors (Lipinski definition) is 1. The number of methoxy groups -OCH3 is 1. The van der Waals surface area contributed by atoms with Gasteiger partial charge in [0.2, 0.25) is 0 Å². The Morgan fingerprint density at radius 1 is 0.462 bits per heavy atom. The Morgan fingerprint density at radius 3 is 1.13 bits per heavy atom. The molecule has 1 nitrogen and oxygen atoms in total. The molecule has 5 heteroatoms.